The van der Waals surface area contributed by atoms with Gasteiger partial charge in [-0.2, -0.15) is 0 Å². The standard InChI is InChI=1S/C19H15N5O7S/c1-12-16(23(26)27)10-13(11-17(12)24(28)29)19(25)21-14-5-7-15(8-6-14)32(30,31)22-18-4-2-3-9-20-18/h2-11H,1H3,(H,20,22)(H,21,25). The van der Waals surface area contributed by atoms with E-state index in [-0.39, 0.29) is 27.5 Å². The first kappa shape index (κ1) is 22.3. The molecule has 0 spiro atoms. The van der Waals surface area contributed by atoms with E-state index in [0.29, 0.717) is 0 Å². The lowest BCUT2D eigenvalue weighted by molar-refractivity contribution is -0.395. The lowest BCUT2D eigenvalue weighted by Gasteiger charge is -2.09. The molecule has 3 aromatic rings. The number of amides is 1. The van der Waals surface area contributed by atoms with Crippen molar-refractivity contribution in [1.29, 1.82) is 0 Å². The first-order chi connectivity index (χ1) is 15.1. The molecule has 0 fully saturated rings. The number of nitrogens with zero attached hydrogens (tertiary/aromatic N) is 3. The Kier molecular flexibility index (Phi) is 6.11. The average molecular weight is 457 g/mol. The molecule has 0 saturated heterocycles. The highest BCUT2D eigenvalue weighted by Gasteiger charge is 2.25. The van der Waals surface area contributed by atoms with E-state index < -0.39 is 37.2 Å². The van der Waals surface area contributed by atoms with Gasteiger partial charge in [0.25, 0.3) is 27.3 Å². The van der Waals surface area contributed by atoms with E-state index in [2.05, 4.69) is 15.0 Å². The SMILES string of the molecule is Cc1c([N+](=O)[O-])cc(C(=O)Nc2ccc(S(=O)(=O)Nc3ccccn3)cc2)cc1[N+](=O)[O-]. The Labute approximate surface area is 181 Å². The second-order valence-corrected chi connectivity index (χ2v) is 8.14. The molecule has 3 rings (SSSR count). The summed E-state index contributed by atoms with van der Waals surface area (Å²) in [5.74, 6) is -0.703. The van der Waals surface area contributed by atoms with Gasteiger partial charge in [-0.05, 0) is 43.3 Å². The molecule has 164 valence electrons. The van der Waals surface area contributed by atoms with Gasteiger partial charge in [0.05, 0.1) is 20.3 Å². The summed E-state index contributed by atoms with van der Waals surface area (Å²) >= 11 is 0. The minimum Gasteiger partial charge on any atom is -0.322 e. The van der Waals surface area contributed by atoms with Gasteiger partial charge in [0.1, 0.15) is 11.4 Å². The highest BCUT2D eigenvalue weighted by atomic mass is 32.2. The Bertz CT molecular complexity index is 1270. The summed E-state index contributed by atoms with van der Waals surface area (Å²) < 4.78 is 27.2. The molecule has 13 heteroatoms. The van der Waals surface area contributed by atoms with E-state index in [1.165, 1.54) is 43.5 Å². The van der Waals surface area contributed by atoms with Crippen molar-refractivity contribution in [3.63, 3.8) is 0 Å². The van der Waals surface area contributed by atoms with Crippen LogP contribution in [-0.4, -0.2) is 29.2 Å². The van der Waals surface area contributed by atoms with Crippen molar-refractivity contribution in [2.75, 3.05) is 10.0 Å². The van der Waals surface area contributed by atoms with E-state index in [0.717, 1.165) is 12.1 Å². The Morgan fingerprint density at radius 2 is 1.56 bits per heavy atom. The molecule has 1 aromatic heterocycles. The van der Waals surface area contributed by atoms with Crippen LogP contribution >= 0.6 is 0 Å². The number of sulfonamides is 1. The number of carbonyl (C=O) groups is 1. The summed E-state index contributed by atoms with van der Waals surface area (Å²) in [6, 6.07) is 11.7. The number of rotatable bonds is 7. The molecule has 0 unspecified atom stereocenters. The van der Waals surface area contributed by atoms with Gasteiger partial charge in [0, 0.05) is 24.0 Å². The fourth-order valence-corrected chi connectivity index (χ4v) is 3.74. The van der Waals surface area contributed by atoms with E-state index in [1.54, 1.807) is 12.1 Å². The molecule has 0 aliphatic rings. The zero-order chi connectivity index (χ0) is 23.5. The molecule has 2 N–H and O–H groups in total. The number of nitro groups is 2. The molecule has 0 radical (unpaired) electrons. The molecule has 1 amide bonds. The lowest BCUT2D eigenvalue weighted by atomic mass is 10.1. The third-order valence-electron chi connectivity index (χ3n) is 4.33. The van der Waals surface area contributed by atoms with Crippen LogP contribution in [0.15, 0.2) is 65.7 Å². The van der Waals surface area contributed by atoms with Crippen LogP contribution in [0.4, 0.5) is 22.9 Å². The van der Waals surface area contributed by atoms with Crippen molar-refractivity contribution >= 4 is 38.8 Å². The van der Waals surface area contributed by atoms with Gasteiger partial charge in [0.15, 0.2) is 0 Å². The third kappa shape index (κ3) is 4.84. The number of hydrogen-bond donors (Lipinski definition) is 2. The Hall–Kier alpha value is -4.39. The molecule has 2 aromatic carbocycles. The largest absolute Gasteiger partial charge is 0.322 e. The topological polar surface area (TPSA) is 174 Å². The first-order valence-electron chi connectivity index (χ1n) is 8.87. The average Bonchev–Trinajstić information content (AvgIpc) is 2.74. The molecular formula is C19H15N5O7S. The molecule has 12 nitrogen and oxygen atoms in total. The summed E-state index contributed by atoms with van der Waals surface area (Å²) in [6.45, 7) is 1.22. The van der Waals surface area contributed by atoms with E-state index in [9.17, 15) is 33.4 Å². The predicted molar refractivity (Wildman–Crippen MR) is 114 cm³/mol. The van der Waals surface area contributed by atoms with Gasteiger partial charge < -0.3 is 5.32 Å². The van der Waals surface area contributed by atoms with Crippen molar-refractivity contribution in [2.45, 2.75) is 11.8 Å². The van der Waals surface area contributed by atoms with Crippen LogP contribution in [0, 0.1) is 27.2 Å². The van der Waals surface area contributed by atoms with Crippen LogP contribution in [0.1, 0.15) is 15.9 Å². The van der Waals surface area contributed by atoms with Gasteiger partial charge in [-0.25, -0.2) is 13.4 Å². The fourth-order valence-electron chi connectivity index (χ4n) is 2.73. The number of hydrogen-bond acceptors (Lipinski definition) is 8. The van der Waals surface area contributed by atoms with E-state index in [4.69, 9.17) is 0 Å². The second kappa shape index (κ2) is 8.77. The van der Waals surface area contributed by atoms with Gasteiger partial charge in [-0.15, -0.1) is 0 Å². The molecule has 0 aliphatic heterocycles. The number of pyridine rings is 1. The molecule has 0 atom stereocenters. The summed E-state index contributed by atoms with van der Waals surface area (Å²) in [4.78, 5) is 37.0. The van der Waals surface area contributed by atoms with Crippen molar-refractivity contribution in [2.24, 2.45) is 0 Å². The minimum atomic E-state index is -3.92. The smallest absolute Gasteiger partial charge is 0.279 e. The zero-order valence-electron chi connectivity index (χ0n) is 16.4. The summed E-state index contributed by atoms with van der Waals surface area (Å²) in [6.07, 6.45) is 1.43. The molecular weight excluding hydrogens is 442 g/mol. The van der Waals surface area contributed by atoms with Gasteiger partial charge in [-0.3, -0.25) is 29.7 Å². The van der Waals surface area contributed by atoms with E-state index >= 15 is 0 Å². The van der Waals surface area contributed by atoms with E-state index in [1.807, 2.05) is 0 Å². The fraction of sp³-hybridized carbons (Fsp3) is 0.0526. The number of nitro benzene ring substituents is 2. The van der Waals surface area contributed by atoms with Gasteiger partial charge in [0.2, 0.25) is 0 Å². The molecule has 0 saturated carbocycles. The first-order valence-corrected chi connectivity index (χ1v) is 10.4. The number of aromatic nitrogens is 1. The second-order valence-electron chi connectivity index (χ2n) is 6.45. The van der Waals surface area contributed by atoms with Crippen molar-refractivity contribution in [3.05, 3.63) is 92.1 Å². The Morgan fingerprint density at radius 3 is 2.06 bits per heavy atom. The number of nitrogens with one attached hydrogen (secondary N) is 2. The predicted octanol–water partition coefficient (Wildman–Crippen LogP) is 3.26. The summed E-state index contributed by atoms with van der Waals surface area (Å²) in [7, 11) is -3.92. The highest BCUT2D eigenvalue weighted by molar-refractivity contribution is 7.92. The van der Waals surface area contributed by atoms with Crippen LogP contribution in [0.3, 0.4) is 0 Å². The Morgan fingerprint density at radius 1 is 0.969 bits per heavy atom. The van der Waals surface area contributed by atoms with Crippen LogP contribution in [0.5, 0.6) is 0 Å². The quantitative estimate of drug-likeness (QED) is 0.401. The third-order valence-corrected chi connectivity index (χ3v) is 5.71. The van der Waals surface area contributed by atoms with Crippen molar-refractivity contribution in [3.8, 4) is 0 Å². The van der Waals surface area contributed by atoms with Gasteiger partial charge in [-0.1, -0.05) is 6.07 Å². The monoisotopic (exact) mass is 457 g/mol. The van der Waals surface area contributed by atoms with Crippen LogP contribution in [0.2, 0.25) is 0 Å². The number of benzene rings is 2. The van der Waals surface area contributed by atoms with Crippen LogP contribution < -0.4 is 10.0 Å². The zero-order valence-corrected chi connectivity index (χ0v) is 17.2. The molecule has 1 heterocycles. The maximum Gasteiger partial charge on any atom is 0.279 e. The normalized spacial score (nSPS) is 10.9. The summed E-state index contributed by atoms with van der Waals surface area (Å²) in [5.41, 5.74) is -1.41. The van der Waals surface area contributed by atoms with Crippen LogP contribution in [0.25, 0.3) is 0 Å². The minimum absolute atomic E-state index is 0.0947. The molecule has 32 heavy (non-hydrogen) atoms. The lowest BCUT2D eigenvalue weighted by Crippen LogP contribution is -2.15. The van der Waals surface area contributed by atoms with Gasteiger partial charge >= 0.3 is 0 Å². The summed E-state index contributed by atoms with van der Waals surface area (Å²) in [5, 5.41) is 24.8. The molecule has 0 bridgehead atoms. The highest BCUT2D eigenvalue weighted by Crippen LogP contribution is 2.29. The number of anilines is 2. The van der Waals surface area contributed by atoms with Crippen LogP contribution in [-0.2, 0) is 10.0 Å². The maximum absolute atomic E-state index is 12.5. The Balaban J connectivity index is 1.82. The van der Waals surface area contributed by atoms with Crippen molar-refractivity contribution in [1.82, 2.24) is 4.98 Å². The maximum atomic E-state index is 12.5. The number of carbonyl (C=O) groups excluding carboxylic acids is 1. The van der Waals surface area contributed by atoms with Crippen molar-refractivity contribution < 1.29 is 23.1 Å². The molecule has 0 aliphatic carbocycles.